The molecular weight excluding hydrogens is 598 g/mol. The lowest BCUT2D eigenvalue weighted by Gasteiger charge is -2.34. The Balaban J connectivity index is 1.87. The molecule has 6 nitrogen and oxygen atoms in total. The van der Waals surface area contributed by atoms with Crippen molar-refractivity contribution in [2.24, 2.45) is 0 Å². The maximum atomic E-state index is 14.9. The van der Waals surface area contributed by atoms with Gasteiger partial charge in [0, 0.05) is 0 Å². The predicted molar refractivity (Wildman–Crippen MR) is 138 cm³/mol. The molecule has 0 bridgehead atoms. The molecule has 0 heterocycles. The summed E-state index contributed by atoms with van der Waals surface area (Å²) in [4.78, 5) is 0. The summed E-state index contributed by atoms with van der Waals surface area (Å²) >= 11 is 0. The smallest absolute Gasteiger partial charge is 0.450 e. The summed E-state index contributed by atoms with van der Waals surface area (Å²) in [5, 5.41) is -13.7. The van der Waals surface area contributed by atoms with Gasteiger partial charge in [-0.05, 0) is 73.0 Å². The minimum Gasteiger partial charge on any atom is -0.743 e. The molecule has 0 radical (unpaired) electrons. The average Bonchev–Trinajstić information content (AvgIpc) is 2.93. The largest absolute Gasteiger partial charge is 0.743 e. The molecule has 0 unspecified atom stereocenters. The van der Waals surface area contributed by atoms with E-state index in [2.05, 4.69) is 0 Å². The molecule has 14 heteroatoms. The number of halogens is 6. The first-order valence-corrected chi connectivity index (χ1v) is 17.0. The van der Waals surface area contributed by atoms with Crippen LogP contribution >= 0.6 is 0 Å². The van der Waals surface area contributed by atoms with Crippen molar-refractivity contribution in [1.82, 2.24) is 0 Å². The number of hydrogen-bond acceptors (Lipinski definition) is 6. The maximum absolute atomic E-state index is 14.9. The van der Waals surface area contributed by atoms with Crippen LogP contribution in [-0.2, 0) is 20.2 Å². The van der Waals surface area contributed by atoms with E-state index in [1.807, 2.05) is 0 Å². The van der Waals surface area contributed by atoms with E-state index in [0.29, 0.717) is 25.7 Å². The van der Waals surface area contributed by atoms with E-state index in [4.69, 9.17) is 4.18 Å². The zero-order valence-corrected chi connectivity index (χ0v) is 24.2. The Labute approximate surface area is 237 Å². The number of benzene rings is 1. The van der Waals surface area contributed by atoms with Gasteiger partial charge in [0.1, 0.15) is 5.75 Å². The number of rotatable bonds is 9. The van der Waals surface area contributed by atoms with Gasteiger partial charge in [-0.15, -0.1) is 0 Å². The first-order valence-electron chi connectivity index (χ1n) is 14.2. The van der Waals surface area contributed by atoms with Crippen LogP contribution in [0, 0.1) is 0 Å². The van der Waals surface area contributed by atoms with Crippen molar-refractivity contribution in [1.29, 1.82) is 0 Å². The van der Waals surface area contributed by atoms with Crippen LogP contribution in [0.25, 0.3) is 0 Å². The highest BCUT2D eigenvalue weighted by Gasteiger charge is 2.81. The minimum absolute atomic E-state index is 0.130. The zero-order valence-electron chi connectivity index (χ0n) is 22.5. The second-order valence-electron chi connectivity index (χ2n) is 11.6. The Kier molecular flexibility index (Phi) is 9.36. The molecule has 4 rings (SSSR count). The van der Waals surface area contributed by atoms with Crippen molar-refractivity contribution in [2.75, 3.05) is 0 Å². The molecule has 3 saturated carbocycles. The van der Waals surface area contributed by atoms with E-state index < -0.39 is 42.4 Å². The fraction of sp³-hybridized carbons (Fsp3) is 0.778. The van der Waals surface area contributed by atoms with Crippen LogP contribution < -0.4 is 4.18 Å². The monoisotopic (exact) mass is 633 g/mol. The van der Waals surface area contributed by atoms with E-state index >= 15 is 0 Å². The summed E-state index contributed by atoms with van der Waals surface area (Å²) in [7, 11) is -14.3. The molecule has 0 aromatic heterocycles. The van der Waals surface area contributed by atoms with E-state index in [1.54, 1.807) is 12.1 Å². The molecule has 3 aliphatic rings. The van der Waals surface area contributed by atoms with Crippen LogP contribution in [-0.4, -0.2) is 37.8 Å². The van der Waals surface area contributed by atoms with Crippen molar-refractivity contribution in [3.05, 3.63) is 28.8 Å². The van der Waals surface area contributed by atoms with Gasteiger partial charge < -0.3 is 8.74 Å². The van der Waals surface area contributed by atoms with Gasteiger partial charge in [0.25, 0.3) is 0 Å². The Hall–Kier alpha value is -1.54. The standard InChI is InChI=1S/C27H36F6O6S2/c28-25(29,26(30,31)40(34,35)36)27(32,33)41(37,38)39-24-22(19-12-6-2-7-13-19)16-21(18-10-4-1-5-11-18)17-23(24)20-14-8-3-9-15-20/h16-20H,1-15H2,(H,34,35,36)/p-1. The van der Waals surface area contributed by atoms with Crippen LogP contribution in [0.2, 0.25) is 0 Å². The molecule has 3 aliphatic carbocycles. The highest BCUT2D eigenvalue weighted by Crippen LogP contribution is 2.53. The van der Waals surface area contributed by atoms with Crippen molar-refractivity contribution in [3.63, 3.8) is 0 Å². The Bertz CT molecular complexity index is 1260. The van der Waals surface area contributed by atoms with Crippen LogP contribution in [0.1, 0.15) is 131 Å². The Morgan fingerprint density at radius 1 is 0.610 bits per heavy atom. The minimum atomic E-state index is -7.38. The summed E-state index contributed by atoms with van der Waals surface area (Å²) < 4.78 is 149. The molecule has 0 amide bonds. The average molecular weight is 634 g/mol. The van der Waals surface area contributed by atoms with Crippen molar-refractivity contribution >= 4 is 20.2 Å². The van der Waals surface area contributed by atoms with Crippen LogP contribution in [0.5, 0.6) is 5.75 Å². The molecule has 1 aromatic rings. The Morgan fingerprint density at radius 2 is 0.976 bits per heavy atom. The fourth-order valence-electron chi connectivity index (χ4n) is 6.55. The fourth-order valence-corrected chi connectivity index (χ4v) is 8.01. The van der Waals surface area contributed by atoms with Crippen LogP contribution in [0.15, 0.2) is 12.1 Å². The quantitative estimate of drug-likeness (QED) is 0.156. The summed E-state index contributed by atoms with van der Waals surface area (Å²) in [6.07, 6.45) is 11.8. The third-order valence-electron chi connectivity index (χ3n) is 8.89. The van der Waals surface area contributed by atoms with Crippen LogP contribution in [0.3, 0.4) is 0 Å². The topological polar surface area (TPSA) is 101 Å². The molecule has 0 N–H and O–H groups in total. The normalized spacial score (nSPS) is 21.6. The second kappa shape index (κ2) is 11.9. The third-order valence-corrected chi connectivity index (χ3v) is 11.0. The first kappa shape index (κ1) is 32.4. The molecule has 3 fully saturated rings. The van der Waals surface area contributed by atoms with Gasteiger partial charge in [-0.25, -0.2) is 8.42 Å². The molecule has 0 atom stereocenters. The lowest BCUT2D eigenvalue weighted by Crippen LogP contribution is -2.61. The van der Waals surface area contributed by atoms with Gasteiger partial charge in [-0.3, -0.25) is 0 Å². The molecule has 0 aliphatic heterocycles. The zero-order chi connectivity index (χ0) is 30.3. The number of alkyl halides is 6. The first-order chi connectivity index (χ1) is 19.0. The maximum Gasteiger partial charge on any atom is 0.450 e. The third kappa shape index (κ3) is 6.11. The molecule has 41 heavy (non-hydrogen) atoms. The van der Waals surface area contributed by atoms with Gasteiger partial charge in [0.05, 0.1) is 0 Å². The summed E-state index contributed by atoms with van der Waals surface area (Å²) in [6, 6.07) is 3.38. The lowest BCUT2D eigenvalue weighted by atomic mass is 9.75. The van der Waals surface area contributed by atoms with Crippen molar-refractivity contribution < 1.29 is 51.9 Å². The van der Waals surface area contributed by atoms with Crippen molar-refractivity contribution in [3.8, 4) is 5.75 Å². The summed E-state index contributed by atoms with van der Waals surface area (Å²) in [5.74, 6) is -8.22. The molecule has 0 saturated heterocycles. The molecule has 0 spiro atoms. The van der Waals surface area contributed by atoms with E-state index in [0.717, 1.165) is 76.2 Å². The van der Waals surface area contributed by atoms with Gasteiger partial charge >= 0.3 is 26.5 Å². The van der Waals surface area contributed by atoms with Crippen LogP contribution in [0.4, 0.5) is 26.3 Å². The van der Waals surface area contributed by atoms with Gasteiger partial charge in [0.15, 0.2) is 10.1 Å². The van der Waals surface area contributed by atoms with Gasteiger partial charge in [-0.1, -0.05) is 69.9 Å². The van der Waals surface area contributed by atoms with E-state index in [-0.39, 0.29) is 28.9 Å². The SMILES string of the molecule is O=S(=O)([O-])C(F)(F)C(F)(F)C(F)(F)S(=O)(=O)Oc1c(C2CCCCC2)cc(C2CCCCC2)cc1C1CCCCC1. The van der Waals surface area contributed by atoms with Gasteiger partial charge in [0.2, 0.25) is 0 Å². The van der Waals surface area contributed by atoms with Gasteiger partial charge in [-0.2, -0.15) is 34.8 Å². The van der Waals surface area contributed by atoms with E-state index in [1.165, 1.54) is 0 Å². The summed E-state index contributed by atoms with van der Waals surface area (Å²) in [6.45, 7) is 0. The predicted octanol–water partition coefficient (Wildman–Crippen LogP) is 7.90. The molecule has 234 valence electrons. The number of hydrogen-bond donors (Lipinski definition) is 0. The summed E-state index contributed by atoms with van der Waals surface area (Å²) in [5.41, 5.74) is 1.41. The Morgan fingerprint density at radius 3 is 1.34 bits per heavy atom. The van der Waals surface area contributed by atoms with E-state index in [9.17, 15) is 47.7 Å². The molecular formula is C27H35F6O6S2-. The highest BCUT2D eigenvalue weighted by molar-refractivity contribution is 7.88. The molecule has 1 aromatic carbocycles. The lowest BCUT2D eigenvalue weighted by molar-refractivity contribution is -0.247. The highest BCUT2D eigenvalue weighted by atomic mass is 32.2. The van der Waals surface area contributed by atoms with Crippen molar-refractivity contribution in [2.45, 2.75) is 130 Å². The second-order valence-corrected chi connectivity index (χ2v) is 14.6.